The van der Waals surface area contributed by atoms with Gasteiger partial charge < -0.3 is 9.47 Å². The van der Waals surface area contributed by atoms with Gasteiger partial charge >= 0.3 is 0 Å². The topological polar surface area (TPSA) is 93.2 Å². The summed E-state index contributed by atoms with van der Waals surface area (Å²) < 4.78 is 12.3. The van der Waals surface area contributed by atoms with Gasteiger partial charge in [0, 0.05) is 11.0 Å². The van der Waals surface area contributed by atoms with Crippen LogP contribution < -0.4 is 14.4 Å². The Labute approximate surface area is 322 Å². The van der Waals surface area contributed by atoms with Gasteiger partial charge in [0.25, 0.3) is 23.6 Å². The van der Waals surface area contributed by atoms with Crippen molar-refractivity contribution in [3.63, 3.8) is 0 Å². The van der Waals surface area contributed by atoms with Crippen LogP contribution in [0.5, 0.6) is 23.0 Å². The average molecular weight is 735 g/mol. The van der Waals surface area contributed by atoms with Gasteiger partial charge in [-0.3, -0.25) is 24.1 Å². The summed E-state index contributed by atoms with van der Waals surface area (Å²) in [6, 6.07) is 33.3. The number of fused-ring (bicyclic) bond motifs is 2. The number of carbonyl (C=O) groups excluding carboxylic acids is 4. The molecule has 0 atom stereocenters. The molecule has 280 valence electrons. The molecule has 0 bridgehead atoms. The zero-order valence-corrected chi connectivity index (χ0v) is 32.7. The van der Waals surface area contributed by atoms with Gasteiger partial charge in [-0.05, 0) is 115 Å². The lowest BCUT2D eigenvalue weighted by Crippen LogP contribution is -2.48. The summed E-state index contributed by atoms with van der Waals surface area (Å²) in [6.07, 6.45) is 1.35. The van der Waals surface area contributed by atoms with Crippen LogP contribution in [-0.2, 0) is 10.8 Å². The van der Waals surface area contributed by atoms with E-state index in [9.17, 15) is 19.2 Å². The number of rotatable bonds is 10. The van der Waals surface area contributed by atoms with Crippen molar-refractivity contribution in [1.29, 1.82) is 0 Å². The van der Waals surface area contributed by atoms with E-state index in [1.165, 1.54) is 9.80 Å². The number of benzene rings is 5. The van der Waals surface area contributed by atoms with Crippen molar-refractivity contribution >= 4 is 29.3 Å². The fraction of sp³-hybridized carbons (Fsp3) is 0.277. The Kier molecular flexibility index (Phi) is 9.28. The molecule has 55 heavy (non-hydrogen) atoms. The summed E-state index contributed by atoms with van der Waals surface area (Å²) >= 11 is 0. The van der Waals surface area contributed by atoms with Crippen molar-refractivity contribution in [2.24, 2.45) is 0 Å². The summed E-state index contributed by atoms with van der Waals surface area (Å²) in [4.78, 5) is 56.0. The predicted molar refractivity (Wildman–Crippen MR) is 214 cm³/mol. The quantitative estimate of drug-likeness (QED) is 0.133. The number of imide groups is 2. The molecule has 0 N–H and O–H groups in total. The Morgan fingerprint density at radius 2 is 0.909 bits per heavy atom. The lowest BCUT2D eigenvalue weighted by atomic mass is 9.78. The second kappa shape index (κ2) is 13.7. The Morgan fingerprint density at radius 1 is 0.473 bits per heavy atom. The van der Waals surface area contributed by atoms with E-state index in [0.29, 0.717) is 63.8 Å². The Morgan fingerprint density at radius 3 is 1.40 bits per heavy atom. The van der Waals surface area contributed by atoms with Crippen molar-refractivity contribution in [2.75, 3.05) is 4.90 Å². The van der Waals surface area contributed by atoms with E-state index in [1.807, 2.05) is 87.5 Å². The van der Waals surface area contributed by atoms with Crippen molar-refractivity contribution < 1.29 is 28.7 Å². The highest BCUT2D eigenvalue weighted by molar-refractivity contribution is 6.34. The summed E-state index contributed by atoms with van der Waals surface area (Å²) in [6.45, 7) is 16.5. The number of anilines is 1. The molecule has 7 rings (SSSR count). The first-order valence-electron chi connectivity index (χ1n) is 18.8. The Hall–Kier alpha value is -6.02. The molecule has 0 saturated carbocycles. The highest BCUT2D eigenvalue weighted by atomic mass is 16.5. The van der Waals surface area contributed by atoms with E-state index >= 15 is 0 Å². The number of hydrogen-bond donors (Lipinski definition) is 0. The first-order valence-corrected chi connectivity index (χ1v) is 18.8. The van der Waals surface area contributed by atoms with Crippen molar-refractivity contribution in [2.45, 2.75) is 84.6 Å². The van der Waals surface area contributed by atoms with E-state index in [-0.39, 0.29) is 34.5 Å². The third-order valence-electron chi connectivity index (χ3n) is 11.4. The molecule has 0 unspecified atom stereocenters. The maximum absolute atomic E-state index is 13.5. The summed E-state index contributed by atoms with van der Waals surface area (Å²) in [5, 5.41) is 0. The van der Waals surface area contributed by atoms with E-state index in [0.717, 1.165) is 16.7 Å². The second-order valence-electron chi connectivity index (χ2n) is 16.2. The van der Waals surface area contributed by atoms with Crippen LogP contribution in [0.15, 0.2) is 109 Å². The highest BCUT2D eigenvalue weighted by Gasteiger charge is 2.45. The lowest BCUT2D eigenvalue weighted by Gasteiger charge is -2.35. The van der Waals surface area contributed by atoms with Crippen LogP contribution in [0.2, 0.25) is 0 Å². The van der Waals surface area contributed by atoms with Gasteiger partial charge in [0.2, 0.25) is 0 Å². The molecule has 2 aliphatic heterocycles. The van der Waals surface area contributed by atoms with Gasteiger partial charge in [-0.2, -0.15) is 0 Å². The van der Waals surface area contributed by atoms with Gasteiger partial charge in [-0.25, -0.2) is 4.90 Å². The summed E-state index contributed by atoms with van der Waals surface area (Å²) in [5.41, 5.74) is 4.12. The van der Waals surface area contributed by atoms with Gasteiger partial charge in [-0.1, -0.05) is 84.9 Å². The molecule has 0 radical (unpaired) electrons. The molecule has 4 amide bonds. The molecule has 2 aliphatic rings. The molecule has 0 saturated heterocycles. The summed E-state index contributed by atoms with van der Waals surface area (Å²) in [5.74, 6) is 0.898. The lowest BCUT2D eigenvalue weighted by molar-refractivity contribution is 0.0434. The van der Waals surface area contributed by atoms with Gasteiger partial charge in [0.1, 0.15) is 23.0 Å². The zero-order chi connectivity index (χ0) is 39.4. The first kappa shape index (κ1) is 37.3. The SMILES string of the molecule is CCC(C)(CC)N1C(=O)c2ccc(Oc3ccc(C(C)(C)c4ccc(Oc5ccc6c(c5)C(=O)N(c5cccc(C(C)(C)C)c5)C6=O)cc4)cc3)cc2C1=O. The fourth-order valence-corrected chi connectivity index (χ4v) is 7.29. The van der Waals surface area contributed by atoms with Crippen LogP contribution in [0.1, 0.15) is 126 Å². The van der Waals surface area contributed by atoms with Gasteiger partial charge in [-0.15, -0.1) is 0 Å². The van der Waals surface area contributed by atoms with Gasteiger partial charge in [0.05, 0.1) is 27.9 Å². The molecule has 0 aromatic heterocycles. The fourth-order valence-electron chi connectivity index (χ4n) is 7.29. The smallest absolute Gasteiger partial charge is 0.266 e. The van der Waals surface area contributed by atoms with Crippen LogP contribution in [-0.4, -0.2) is 34.1 Å². The molecule has 0 spiro atoms. The van der Waals surface area contributed by atoms with Crippen LogP contribution in [0.3, 0.4) is 0 Å². The van der Waals surface area contributed by atoms with E-state index < -0.39 is 5.54 Å². The minimum absolute atomic E-state index is 0.131. The number of amides is 4. The number of nitrogens with zero attached hydrogens (tertiary/aromatic N) is 2. The van der Waals surface area contributed by atoms with Gasteiger partial charge in [0.15, 0.2) is 0 Å². The van der Waals surface area contributed by atoms with Crippen LogP contribution in [0, 0.1) is 0 Å². The number of ether oxygens (including phenoxy) is 2. The second-order valence-corrected chi connectivity index (χ2v) is 16.2. The third-order valence-corrected chi connectivity index (χ3v) is 11.4. The molecule has 8 heteroatoms. The zero-order valence-electron chi connectivity index (χ0n) is 32.7. The summed E-state index contributed by atoms with van der Waals surface area (Å²) in [7, 11) is 0. The molecule has 2 heterocycles. The predicted octanol–water partition coefficient (Wildman–Crippen LogP) is 10.9. The van der Waals surface area contributed by atoms with Crippen molar-refractivity contribution in [1.82, 2.24) is 4.90 Å². The van der Waals surface area contributed by atoms with Crippen molar-refractivity contribution in [3.05, 3.63) is 148 Å². The number of hydrogen-bond acceptors (Lipinski definition) is 6. The Balaban J connectivity index is 1.02. The Bertz CT molecular complexity index is 2350. The highest BCUT2D eigenvalue weighted by Crippen LogP contribution is 2.39. The standard InChI is InChI=1S/C47H46N2O6/c1-9-47(8,10-2)49-43(52)38-25-23-36(28-40(38)44(49)53)55-34-20-16-30(17-21-34)46(6,7)29-14-18-33(19-15-29)54-35-22-24-37-39(27-35)42(51)48(41(37)50)32-13-11-12-31(26-32)45(3,4)5/h11-28H,9-10H2,1-8H3. The number of carbonyl (C=O) groups is 4. The molecular weight excluding hydrogens is 689 g/mol. The van der Waals surface area contributed by atoms with E-state index in [2.05, 4.69) is 34.6 Å². The first-order chi connectivity index (χ1) is 26.1. The minimum atomic E-state index is -0.542. The average Bonchev–Trinajstić information content (AvgIpc) is 3.57. The maximum atomic E-state index is 13.5. The normalized spacial score (nSPS) is 14.4. The molecular formula is C47H46N2O6. The molecule has 5 aromatic rings. The minimum Gasteiger partial charge on any atom is -0.457 e. The van der Waals surface area contributed by atoms with Crippen LogP contribution in [0.4, 0.5) is 5.69 Å². The van der Waals surface area contributed by atoms with E-state index in [1.54, 1.807) is 42.5 Å². The van der Waals surface area contributed by atoms with Crippen molar-refractivity contribution in [3.8, 4) is 23.0 Å². The largest absolute Gasteiger partial charge is 0.457 e. The van der Waals surface area contributed by atoms with Crippen LogP contribution in [0.25, 0.3) is 0 Å². The third kappa shape index (κ3) is 6.60. The monoisotopic (exact) mass is 734 g/mol. The molecule has 0 aliphatic carbocycles. The van der Waals surface area contributed by atoms with Crippen LogP contribution >= 0.6 is 0 Å². The maximum Gasteiger partial charge on any atom is 0.266 e. The molecule has 0 fully saturated rings. The molecule has 8 nitrogen and oxygen atoms in total. The molecule has 5 aromatic carbocycles. The van der Waals surface area contributed by atoms with E-state index in [4.69, 9.17) is 9.47 Å².